The van der Waals surface area contributed by atoms with E-state index in [4.69, 9.17) is 22.8 Å². The summed E-state index contributed by atoms with van der Waals surface area (Å²) in [7, 11) is 0. The second-order valence-corrected chi connectivity index (χ2v) is 3.97. The van der Waals surface area contributed by atoms with Crippen LogP contribution < -0.4 is 5.73 Å². The van der Waals surface area contributed by atoms with Crippen LogP contribution in [-0.4, -0.2) is 20.6 Å². The maximum atomic E-state index is 5.84. The lowest BCUT2D eigenvalue weighted by molar-refractivity contribution is 0.323. The van der Waals surface area contributed by atoms with Gasteiger partial charge in [-0.25, -0.2) is 4.98 Å². The van der Waals surface area contributed by atoms with Gasteiger partial charge < -0.3 is 10.6 Å². The van der Waals surface area contributed by atoms with Crippen LogP contribution in [0.4, 0.5) is 0 Å². The summed E-state index contributed by atoms with van der Waals surface area (Å²) >= 11 is 5.01. The summed E-state index contributed by atoms with van der Waals surface area (Å²) in [5.74, 6) is 0.288. The third-order valence-electron chi connectivity index (χ3n) is 2.36. The van der Waals surface area contributed by atoms with Gasteiger partial charge in [-0.1, -0.05) is 29.4 Å². The van der Waals surface area contributed by atoms with Crippen molar-refractivity contribution in [1.82, 2.24) is 9.55 Å². The van der Waals surface area contributed by atoms with Crippen LogP contribution in [0, 0.1) is 6.92 Å². The first kappa shape index (κ1) is 12.3. The van der Waals surface area contributed by atoms with Gasteiger partial charge in [-0.05, 0) is 24.7 Å². The highest BCUT2D eigenvalue weighted by Gasteiger charge is 2.04. The van der Waals surface area contributed by atoms with Crippen LogP contribution in [0.5, 0.6) is 0 Å². The van der Waals surface area contributed by atoms with E-state index in [1.807, 2.05) is 31.2 Å². The van der Waals surface area contributed by atoms with Gasteiger partial charge in [-0.2, -0.15) is 0 Å². The highest BCUT2D eigenvalue weighted by Crippen LogP contribution is 2.06. The molecule has 1 heterocycles. The molecule has 0 amide bonds. The maximum Gasteiger partial charge on any atom is 0.301 e. The smallest absolute Gasteiger partial charge is 0.301 e. The van der Waals surface area contributed by atoms with Crippen molar-refractivity contribution >= 4 is 23.2 Å². The monoisotopic (exact) mass is 260 g/mol. The van der Waals surface area contributed by atoms with Crippen molar-refractivity contribution in [3.05, 3.63) is 54.1 Å². The number of benzene rings is 1. The minimum absolute atomic E-state index is 0.170. The molecule has 0 saturated carbocycles. The van der Waals surface area contributed by atoms with E-state index in [0.29, 0.717) is 0 Å². The molecule has 18 heavy (non-hydrogen) atoms. The Morgan fingerprint density at radius 1 is 1.44 bits per heavy atom. The Balaban J connectivity index is 2.11. The second-order valence-electron chi connectivity index (χ2n) is 3.62. The van der Waals surface area contributed by atoms with E-state index < -0.39 is 0 Å². The van der Waals surface area contributed by atoms with Gasteiger partial charge in [0.15, 0.2) is 5.84 Å². The van der Waals surface area contributed by atoms with Crippen molar-refractivity contribution in [3.63, 3.8) is 0 Å². The van der Waals surface area contributed by atoms with Gasteiger partial charge in [-0.3, -0.25) is 4.57 Å². The molecule has 0 aliphatic rings. The van der Waals surface area contributed by atoms with Crippen molar-refractivity contribution in [3.8, 4) is 0 Å². The SMILES string of the molecule is Cc1ccccc1/C(N)=N/OC(=S)n1ccnc1. The number of hydrogen-bond acceptors (Lipinski definition) is 4. The molecule has 0 unspecified atom stereocenters. The van der Waals surface area contributed by atoms with E-state index in [1.165, 1.54) is 10.9 Å². The van der Waals surface area contributed by atoms with E-state index in [1.54, 1.807) is 12.4 Å². The van der Waals surface area contributed by atoms with Gasteiger partial charge in [0.25, 0.3) is 0 Å². The van der Waals surface area contributed by atoms with E-state index in [-0.39, 0.29) is 11.0 Å². The predicted octanol–water partition coefficient (Wildman–Crippen LogP) is 1.66. The van der Waals surface area contributed by atoms with Gasteiger partial charge in [0.1, 0.15) is 6.33 Å². The molecule has 0 bridgehead atoms. The zero-order valence-corrected chi connectivity index (χ0v) is 10.6. The summed E-state index contributed by atoms with van der Waals surface area (Å²) in [6, 6.07) is 7.64. The van der Waals surface area contributed by atoms with Crippen LogP contribution in [0.1, 0.15) is 11.1 Å². The van der Waals surface area contributed by atoms with E-state index >= 15 is 0 Å². The Hall–Kier alpha value is -2.21. The molecule has 0 aliphatic heterocycles. The van der Waals surface area contributed by atoms with Crippen LogP contribution in [0.2, 0.25) is 0 Å². The minimum atomic E-state index is 0.170. The molecule has 2 N–H and O–H groups in total. The largest absolute Gasteiger partial charge is 0.380 e. The van der Waals surface area contributed by atoms with Crippen molar-refractivity contribution < 1.29 is 4.84 Å². The van der Waals surface area contributed by atoms with Crippen LogP contribution in [0.3, 0.4) is 0 Å². The lowest BCUT2D eigenvalue weighted by Gasteiger charge is -2.05. The average molecular weight is 260 g/mol. The molecule has 5 nitrogen and oxygen atoms in total. The number of thiocarbonyl (C=S) groups is 1. The van der Waals surface area contributed by atoms with Gasteiger partial charge >= 0.3 is 5.17 Å². The van der Waals surface area contributed by atoms with E-state index in [0.717, 1.165) is 11.1 Å². The quantitative estimate of drug-likeness (QED) is 0.386. The predicted molar refractivity (Wildman–Crippen MR) is 73.2 cm³/mol. The number of aromatic nitrogens is 2. The molecule has 0 atom stereocenters. The van der Waals surface area contributed by atoms with Crippen LogP contribution in [0.15, 0.2) is 48.1 Å². The number of oxime groups is 1. The third kappa shape index (κ3) is 2.72. The highest BCUT2D eigenvalue weighted by molar-refractivity contribution is 7.80. The van der Waals surface area contributed by atoms with Crippen molar-refractivity contribution in [2.75, 3.05) is 0 Å². The molecule has 0 spiro atoms. The Morgan fingerprint density at radius 3 is 2.89 bits per heavy atom. The number of rotatable bonds is 2. The molecule has 1 aromatic carbocycles. The van der Waals surface area contributed by atoms with Crippen molar-refractivity contribution in [2.24, 2.45) is 10.9 Å². The first-order chi connectivity index (χ1) is 8.68. The summed E-state index contributed by atoms with van der Waals surface area (Å²) in [6.45, 7) is 1.95. The van der Waals surface area contributed by atoms with Crippen molar-refractivity contribution in [2.45, 2.75) is 6.92 Å². The van der Waals surface area contributed by atoms with Gasteiger partial charge in [0.05, 0.1) is 0 Å². The Bertz CT molecular complexity index is 578. The fraction of sp³-hybridized carbons (Fsp3) is 0.0833. The Labute approximate surface area is 110 Å². The fourth-order valence-corrected chi connectivity index (χ4v) is 1.56. The standard InChI is InChI=1S/C12H12N4OS/c1-9-4-2-3-5-10(9)11(13)15-17-12(18)16-7-6-14-8-16/h2-8H,1H3,(H2,13,15). The number of imidazole rings is 1. The fourth-order valence-electron chi connectivity index (χ4n) is 1.41. The third-order valence-corrected chi connectivity index (χ3v) is 2.64. The topological polar surface area (TPSA) is 65.4 Å². The molecule has 0 fully saturated rings. The molecule has 2 rings (SSSR count). The number of nitrogens with two attached hydrogens (primary N) is 1. The zero-order chi connectivity index (χ0) is 13.0. The average Bonchev–Trinajstić information content (AvgIpc) is 2.90. The number of hydrogen-bond donors (Lipinski definition) is 1. The van der Waals surface area contributed by atoms with Gasteiger partial charge in [0, 0.05) is 18.0 Å². The molecule has 92 valence electrons. The Morgan fingerprint density at radius 2 is 2.22 bits per heavy atom. The van der Waals surface area contributed by atoms with Crippen LogP contribution in [0.25, 0.3) is 0 Å². The van der Waals surface area contributed by atoms with Crippen LogP contribution >= 0.6 is 12.2 Å². The molecule has 0 radical (unpaired) electrons. The van der Waals surface area contributed by atoms with Crippen LogP contribution in [-0.2, 0) is 4.84 Å². The van der Waals surface area contributed by atoms with Gasteiger partial charge in [-0.15, -0.1) is 0 Å². The molecule has 0 aliphatic carbocycles. The molecular formula is C12H12N4OS. The molecule has 0 saturated heterocycles. The van der Waals surface area contributed by atoms with Gasteiger partial charge in [0.2, 0.25) is 0 Å². The number of nitrogens with zero attached hydrogens (tertiary/aromatic N) is 3. The lowest BCUT2D eigenvalue weighted by atomic mass is 10.1. The normalized spacial score (nSPS) is 11.3. The highest BCUT2D eigenvalue weighted by atomic mass is 32.1. The number of amidine groups is 1. The molecule has 6 heteroatoms. The maximum absolute atomic E-state index is 5.84. The first-order valence-electron chi connectivity index (χ1n) is 5.27. The molecular weight excluding hydrogens is 248 g/mol. The minimum Gasteiger partial charge on any atom is -0.380 e. The zero-order valence-electron chi connectivity index (χ0n) is 9.78. The lowest BCUT2D eigenvalue weighted by Crippen LogP contribution is -2.17. The van der Waals surface area contributed by atoms with E-state index in [2.05, 4.69) is 10.1 Å². The summed E-state index contributed by atoms with van der Waals surface area (Å²) in [6.07, 6.45) is 4.80. The summed E-state index contributed by atoms with van der Waals surface area (Å²) in [4.78, 5) is 8.93. The number of aryl methyl sites for hydroxylation is 1. The molecule has 2 aromatic rings. The second kappa shape index (κ2) is 5.42. The van der Waals surface area contributed by atoms with E-state index in [9.17, 15) is 0 Å². The Kier molecular flexibility index (Phi) is 3.69. The summed E-state index contributed by atoms with van der Waals surface area (Å²) in [5, 5.41) is 3.99. The van der Waals surface area contributed by atoms with Crippen molar-refractivity contribution in [1.29, 1.82) is 0 Å². The summed E-state index contributed by atoms with van der Waals surface area (Å²) < 4.78 is 1.53. The molecule has 1 aromatic heterocycles. The summed E-state index contributed by atoms with van der Waals surface area (Å²) in [5.41, 5.74) is 7.69. The first-order valence-corrected chi connectivity index (χ1v) is 5.68.